The minimum absolute atomic E-state index is 0.102. The predicted octanol–water partition coefficient (Wildman–Crippen LogP) is 2.31. The van der Waals surface area contributed by atoms with Crippen molar-refractivity contribution in [2.75, 3.05) is 25.6 Å². The Morgan fingerprint density at radius 3 is 2.32 bits per heavy atom. The topological polar surface area (TPSA) is 79.2 Å². The Bertz CT molecular complexity index is 492. The number of hydrogen-bond donors (Lipinski definition) is 1. The molecule has 0 saturated carbocycles. The van der Waals surface area contributed by atoms with Crippen LogP contribution in [-0.2, 0) is 9.53 Å². The second-order valence-corrected chi connectivity index (χ2v) is 3.95. The van der Waals surface area contributed by atoms with Crippen molar-refractivity contribution in [3.05, 3.63) is 40.4 Å². The second kappa shape index (κ2) is 6.53. The number of nitroso groups, excluding NO2 is 1. The Labute approximate surface area is 111 Å². The van der Waals surface area contributed by atoms with Crippen molar-refractivity contribution in [1.29, 1.82) is 0 Å². The van der Waals surface area contributed by atoms with Gasteiger partial charge in [0.25, 0.3) is 0 Å². The molecule has 0 atom stereocenters. The molecular weight excluding hydrogens is 248 g/mol. The summed E-state index contributed by atoms with van der Waals surface area (Å²) in [6.45, 7) is 1.70. The van der Waals surface area contributed by atoms with Gasteiger partial charge in [0.05, 0.1) is 6.61 Å². The van der Waals surface area contributed by atoms with E-state index < -0.39 is 17.4 Å². The lowest BCUT2D eigenvalue weighted by Gasteiger charge is -2.12. The highest BCUT2D eigenvalue weighted by molar-refractivity contribution is 5.95. The van der Waals surface area contributed by atoms with Crippen molar-refractivity contribution in [2.45, 2.75) is 6.92 Å². The van der Waals surface area contributed by atoms with Crippen molar-refractivity contribution in [1.82, 2.24) is 0 Å². The molecule has 102 valence electrons. The lowest BCUT2D eigenvalue weighted by atomic mass is 10.1. The zero-order valence-electron chi connectivity index (χ0n) is 11.1. The molecule has 1 N–H and O–H groups in total. The van der Waals surface area contributed by atoms with Crippen LogP contribution < -0.4 is 4.90 Å². The summed E-state index contributed by atoms with van der Waals surface area (Å²) in [5.74, 6) is -1.43. The van der Waals surface area contributed by atoms with Gasteiger partial charge in [0.2, 0.25) is 5.70 Å². The SMILES string of the molecule is CCOC(=O)C(N=O)=C(O)c1ccc(N(C)C)cc1. The van der Waals surface area contributed by atoms with Crippen LogP contribution in [0.4, 0.5) is 5.69 Å². The van der Waals surface area contributed by atoms with Crippen molar-refractivity contribution in [3.8, 4) is 0 Å². The average molecular weight is 264 g/mol. The summed E-state index contributed by atoms with van der Waals surface area (Å²) in [7, 11) is 3.75. The molecule has 19 heavy (non-hydrogen) atoms. The number of rotatable bonds is 5. The molecular formula is C13H16N2O4. The van der Waals surface area contributed by atoms with Crippen LogP contribution in [0, 0.1) is 4.91 Å². The fraction of sp³-hybridized carbons (Fsp3) is 0.308. The van der Waals surface area contributed by atoms with Crippen LogP contribution >= 0.6 is 0 Å². The Kier molecular flexibility index (Phi) is 5.05. The van der Waals surface area contributed by atoms with Crippen molar-refractivity contribution < 1.29 is 14.6 Å². The van der Waals surface area contributed by atoms with E-state index in [0.29, 0.717) is 5.56 Å². The standard InChI is InChI=1S/C13H16N2O4/c1-4-19-13(17)11(14-18)12(16)9-5-7-10(8-6-9)15(2)3/h5-8,16H,4H2,1-3H3. The molecule has 6 heteroatoms. The van der Waals surface area contributed by atoms with Crippen LogP contribution in [0.3, 0.4) is 0 Å². The first-order valence-electron chi connectivity index (χ1n) is 5.72. The minimum Gasteiger partial charge on any atom is -0.505 e. The van der Waals surface area contributed by atoms with Gasteiger partial charge in [0.15, 0.2) is 5.76 Å². The Morgan fingerprint density at radius 1 is 1.32 bits per heavy atom. The highest BCUT2D eigenvalue weighted by atomic mass is 16.5. The lowest BCUT2D eigenvalue weighted by Crippen LogP contribution is -2.09. The first-order chi connectivity index (χ1) is 9.01. The highest BCUT2D eigenvalue weighted by Gasteiger charge is 2.19. The normalized spacial score (nSPS) is 11.5. The third-order valence-electron chi connectivity index (χ3n) is 2.44. The third-order valence-corrected chi connectivity index (χ3v) is 2.44. The largest absolute Gasteiger partial charge is 0.505 e. The zero-order chi connectivity index (χ0) is 14.4. The van der Waals surface area contributed by atoms with E-state index in [2.05, 4.69) is 9.91 Å². The zero-order valence-corrected chi connectivity index (χ0v) is 11.1. The van der Waals surface area contributed by atoms with Gasteiger partial charge in [-0.25, -0.2) is 4.79 Å². The summed E-state index contributed by atoms with van der Waals surface area (Å²) in [6, 6.07) is 6.68. The maximum atomic E-state index is 11.4. The molecule has 1 aromatic rings. The average Bonchev–Trinajstić information content (AvgIpc) is 2.39. The van der Waals surface area contributed by atoms with E-state index in [1.807, 2.05) is 19.0 Å². The number of aliphatic hydroxyl groups excluding tert-OH is 1. The molecule has 0 spiro atoms. The number of carbonyl (C=O) groups excluding carboxylic acids is 1. The summed E-state index contributed by atoms with van der Waals surface area (Å²) in [5.41, 5.74) is 0.626. The van der Waals surface area contributed by atoms with E-state index in [1.165, 1.54) is 0 Å². The Balaban J connectivity index is 3.11. The molecule has 0 heterocycles. The monoisotopic (exact) mass is 264 g/mol. The van der Waals surface area contributed by atoms with Crippen molar-refractivity contribution >= 4 is 17.4 Å². The van der Waals surface area contributed by atoms with Gasteiger partial charge in [-0.05, 0) is 36.4 Å². The van der Waals surface area contributed by atoms with E-state index in [1.54, 1.807) is 31.2 Å². The fourth-order valence-corrected chi connectivity index (χ4v) is 1.43. The molecule has 0 saturated heterocycles. The Hall–Kier alpha value is -2.37. The van der Waals surface area contributed by atoms with Gasteiger partial charge in [0.1, 0.15) is 0 Å². The van der Waals surface area contributed by atoms with Gasteiger partial charge in [-0.3, -0.25) is 0 Å². The van der Waals surface area contributed by atoms with Gasteiger partial charge in [-0.15, -0.1) is 4.91 Å². The molecule has 0 fully saturated rings. The van der Waals surface area contributed by atoms with Gasteiger partial charge in [0, 0.05) is 25.3 Å². The second-order valence-electron chi connectivity index (χ2n) is 3.95. The number of esters is 1. The van der Waals surface area contributed by atoms with Gasteiger partial charge < -0.3 is 14.7 Å². The predicted molar refractivity (Wildman–Crippen MR) is 72.7 cm³/mol. The van der Waals surface area contributed by atoms with E-state index in [9.17, 15) is 14.8 Å². The molecule has 0 bridgehead atoms. The van der Waals surface area contributed by atoms with Crippen LogP contribution in [0.2, 0.25) is 0 Å². The van der Waals surface area contributed by atoms with Crippen LogP contribution in [0.15, 0.2) is 35.1 Å². The first-order valence-corrected chi connectivity index (χ1v) is 5.72. The molecule has 1 aromatic carbocycles. The summed E-state index contributed by atoms with van der Waals surface area (Å²) in [5, 5.41) is 12.4. The number of anilines is 1. The minimum atomic E-state index is -0.938. The van der Waals surface area contributed by atoms with Crippen LogP contribution in [0.1, 0.15) is 12.5 Å². The summed E-state index contributed by atoms with van der Waals surface area (Å²) in [6.07, 6.45) is 0. The Morgan fingerprint density at radius 2 is 1.89 bits per heavy atom. The molecule has 1 rings (SSSR count). The molecule has 0 amide bonds. The molecule has 0 aliphatic carbocycles. The molecule has 0 aromatic heterocycles. The van der Waals surface area contributed by atoms with E-state index >= 15 is 0 Å². The van der Waals surface area contributed by atoms with Gasteiger partial charge in [-0.2, -0.15) is 0 Å². The molecule has 0 unspecified atom stereocenters. The lowest BCUT2D eigenvalue weighted by molar-refractivity contribution is -0.138. The molecule has 0 aliphatic heterocycles. The first kappa shape index (κ1) is 14.7. The maximum Gasteiger partial charge on any atom is 0.364 e. The van der Waals surface area contributed by atoms with Crippen molar-refractivity contribution in [3.63, 3.8) is 0 Å². The molecule has 6 nitrogen and oxygen atoms in total. The summed E-state index contributed by atoms with van der Waals surface area (Å²) in [4.78, 5) is 23.9. The maximum absolute atomic E-state index is 11.4. The number of carbonyl (C=O) groups is 1. The quantitative estimate of drug-likeness (QED) is 0.382. The number of benzene rings is 1. The third kappa shape index (κ3) is 3.54. The van der Waals surface area contributed by atoms with E-state index in [0.717, 1.165) is 5.69 Å². The van der Waals surface area contributed by atoms with Crippen molar-refractivity contribution in [2.24, 2.45) is 5.18 Å². The number of nitrogens with zero attached hydrogens (tertiary/aromatic N) is 2. The van der Waals surface area contributed by atoms with E-state index in [4.69, 9.17) is 0 Å². The van der Waals surface area contributed by atoms with Gasteiger partial charge in [-0.1, -0.05) is 0 Å². The number of aliphatic hydroxyl groups is 1. The van der Waals surface area contributed by atoms with Crippen LogP contribution in [0.5, 0.6) is 0 Å². The number of hydrogen-bond acceptors (Lipinski definition) is 6. The summed E-state index contributed by atoms with van der Waals surface area (Å²) >= 11 is 0. The van der Waals surface area contributed by atoms with Crippen LogP contribution in [-0.4, -0.2) is 31.8 Å². The highest BCUT2D eigenvalue weighted by Crippen LogP contribution is 2.21. The van der Waals surface area contributed by atoms with Gasteiger partial charge >= 0.3 is 5.97 Å². The van der Waals surface area contributed by atoms with E-state index in [-0.39, 0.29) is 6.61 Å². The fourth-order valence-electron chi connectivity index (χ4n) is 1.43. The van der Waals surface area contributed by atoms with Crippen LogP contribution in [0.25, 0.3) is 5.76 Å². The molecule has 0 radical (unpaired) electrons. The summed E-state index contributed by atoms with van der Waals surface area (Å²) < 4.78 is 4.64. The molecule has 0 aliphatic rings. The smallest absolute Gasteiger partial charge is 0.364 e. The number of ether oxygens (including phenoxy) is 1.